The van der Waals surface area contributed by atoms with Gasteiger partial charge in [-0.05, 0) is 55.9 Å². The first kappa shape index (κ1) is 16.6. The molecule has 1 aliphatic carbocycles. The Balaban J connectivity index is 1.74. The largest absolute Gasteiger partial charge is 0.351 e. The number of hydrogen-bond acceptors (Lipinski definition) is 4. The molecule has 1 N–H and O–H groups in total. The number of nitrogens with one attached hydrogen (secondary N) is 1. The highest BCUT2D eigenvalue weighted by Gasteiger charge is 2.21. The van der Waals surface area contributed by atoms with Gasteiger partial charge in [-0.2, -0.15) is 0 Å². The molecule has 25 heavy (non-hydrogen) atoms. The average molecular weight is 374 g/mol. The molecule has 0 amide bonds. The Bertz CT molecular complexity index is 992. The van der Waals surface area contributed by atoms with Crippen molar-refractivity contribution < 1.29 is 0 Å². The van der Waals surface area contributed by atoms with Crippen molar-refractivity contribution in [2.45, 2.75) is 45.7 Å². The first-order chi connectivity index (χ1) is 12.2. The van der Waals surface area contributed by atoms with Crippen molar-refractivity contribution in [2.24, 2.45) is 0 Å². The second-order valence-electron chi connectivity index (χ2n) is 6.36. The van der Waals surface area contributed by atoms with Gasteiger partial charge in [0.2, 0.25) is 5.95 Å². The summed E-state index contributed by atoms with van der Waals surface area (Å²) in [7, 11) is 0. The second kappa shape index (κ2) is 6.81. The zero-order valence-corrected chi connectivity index (χ0v) is 15.7. The summed E-state index contributed by atoms with van der Waals surface area (Å²) in [4.78, 5) is 20.1. The van der Waals surface area contributed by atoms with E-state index in [-0.39, 0.29) is 5.56 Å². The van der Waals surface area contributed by atoms with Gasteiger partial charge in [-0.15, -0.1) is 11.3 Å². The fourth-order valence-electron chi connectivity index (χ4n) is 3.49. The standard InChI is InChI=1S/C19H20ClN3OS/c1-2-23-18(24)16-14-8-3-4-9-15(14)25-17(16)22-19(23)21-11-12-6-5-7-13(20)10-12/h5-7,10H,2-4,8-9,11H2,1H3,(H,21,22). The lowest BCUT2D eigenvalue weighted by Gasteiger charge is -2.13. The predicted molar refractivity (Wildman–Crippen MR) is 105 cm³/mol. The quantitative estimate of drug-likeness (QED) is 0.725. The number of halogens is 1. The smallest absolute Gasteiger partial charge is 0.263 e. The summed E-state index contributed by atoms with van der Waals surface area (Å²) in [6, 6.07) is 7.71. The molecule has 130 valence electrons. The van der Waals surface area contributed by atoms with Gasteiger partial charge in [0, 0.05) is 23.0 Å². The van der Waals surface area contributed by atoms with Gasteiger partial charge >= 0.3 is 0 Å². The molecule has 0 aliphatic heterocycles. The number of nitrogens with zero attached hydrogens (tertiary/aromatic N) is 2. The molecule has 0 saturated heterocycles. The molecule has 0 atom stereocenters. The summed E-state index contributed by atoms with van der Waals surface area (Å²) in [5.74, 6) is 0.638. The molecule has 1 aliphatic rings. The van der Waals surface area contributed by atoms with Crippen molar-refractivity contribution in [1.82, 2.24) is 9.55 Å². The minimum absolute atomic E-state index is 0.0838. The summed E-state index contributed by atoms with van der Waals surface area (Å²) in [6.45, 7) is 3.17. The second-order valence-corrected chi connectivity index (χ2v) is 7.88. The van der Waals surface area contributed by atoms with Crippen LogP contribution in [0, 0.1) is 0 Å². The van der Waals surface area contributed by atoms with Crippen LogP contribution >= 0.6 is 22.9 Å². The maximum atomic E-state index is 13.0. The molecule has 0 spiro atoms. The van der Waals surface area contributed by atoms with E-state index in [1.165, 1.54) is 23.3 Å². The molecule has 0 radical (unpaired) electrons. The first-order valence-corrected chi connectivity index (χ1v) is 9.90. The first-order valence-electron chi connectivity index (χ1n) is 8.70. The normalized spacial score (nSPS) is 13.8. The molecular formula is C19H20ClN3OS. The number of fused-ring (bicyclic) bond motifs is 3. The Labute approximate surface area is 155 Å². The van der Waals surface area contributed by atoms with E-state index in [1.807, 2.05) is 31.2 Å². The predicted octanol–water partition coefficient (Wildman–Crippen LogP) is 4.62. The van der Waals surface area contributed by atoms with E-state index in [1.54, 1.807) is 15.9 Å². The van der Waals surface area contributed by atoms with Crippen LogP contribution in [0.25, 0.3) is 10.2 Å². The maximum Gasteiger partial charge on any atom is 0.263 e. The molecule has 2 heterocycles. The van der Waals surface area contributed by atoms with Gasteiger partial charge in [-0.3, -0.25) is 9.36 Å². The molecule has 4 nitrogen and oxygen atoms in total. The van der Waals surface area contributed by atoms with Crippen LogP contribution in [0.1, 0.15) is 35.8 Å². The van der Waals surface area contributed by atoms with Gasteiger partial charge in [0.1, 0.15) is 4.83 Å². The Morgan fingerprint density at radius 2 is 2.16 bits per heavy atom. The van der Waals surface area contributed by atoms with Crippen molar-refractivity contribution in [1.29, 1.82) is 0 Å². The van der Waals surface area contributed by atoms with E-state index >= 15 is 0 Å². The van der Waals surface area contributed by atoms with Gasteiger partial charge in [-0.1, -0.05) is 23.7 Å². The number of anilines is 1. The lowest BCUT2D eigenvalue weighted by molar-refractivity contribution is 0.695. The fraction of sp³-hybridized carbons (Fsp3) is 0.368. The summed E-state index contributed by atoms with van der Waals surface area (Å²) < 4.78 is 1.74. The molecule has 2 aromatic heterocycles. The minimum atomic E-state index is 0.0838. The maximum absolute atomic E-state index is 13.0. The van der Waals surface area contributed by atoms with Crippen LogP contribution in [0.15, 0.2) is 29.1 Å². The molecule has 1 aromatic carbocycles. The zero-order valence-electron chi connectivity index (χ0n) is 14.1. The highest BCUT2D eigenvalue weighted by atomic mass is 35.5. The molecule has 0 fully saturated rings. The summed E-state index contributed by atoms with van der Waals surface area (Å²) in [5, 5.41) is 4.87. The van der Waals surface area contributed by atoms with Crippen LogP contribution in [-0.2, 0) is 25.9 Å². The third kappa shape index (κ3) is 3.07. The highest BCUT2D eigenvalue weighted by Crippen LogP contribution is 2.34. The lowest BCUT2D eigenvalue weighted by Crippen LogP contribution is -2.24. The Morgan fingerprint density at radius 3 is 2.96 bits per heavy atom. The SMILES string of the molecule is CCn1c(NCc2cccc(Cl)c2)nc2sc3c(c2c1=O)CCCC3. The van der Waals surface area contributed by atoms with Crippen LogP contribution in [0.5, 0.6) is 0 Å². The molecular weight excluding hydrogens is 354 g/mol. The molecule has 0 unspecified atom stereocenters. The van der Waals surface area contributed by atoms with Crippen LogP contribution in [-0.4, -0.2) is 9.55 Å². The zero-order chi connectivity index (χ0) is 17.4. The number of rotatable bonds is 4. The summed E-state index contributed by atoms with van der Waals surface area (Å²) in [5.41, 5.74) is 2.39. The van der Waals surface area contributed by atoms with Gasteiger partial charge in [0.25, 0.3) is 5.56 Å². The molecule has 0 bridgehead atoms. The van der Waals surface area contributed by atoms with Crippen molar-refractivity contribution in [3.63, 3.8) is 0 Å². The topological polar surface area (TPSA) is 46.9 Å². The molecule has 4 rings (SSSR count). The summed E-state index contributed by atoms with van der Waals surface area (Å²) >= 11 is 7.74. The monoisotopic (exact) mass is 373 g/mol. The number of benzene rings is 1. The molecule has 0 saturated carbocycles. The van der Waals surface area contributed by atoms with E-state index in [9.17, 15) is 4.79 Å². The lowest BCUT2D eigenvalue weighted by atomic mass is 9.97. The number of aromatic nitrogens is 2. The third-order valence-electron chi connectivity index (χ3n) is 4.73. The van der Waals surface area contributed by atoms with E-state index in [0.29, 0.717) is 24.1 Å². The highest BCUT2D eigenvalue weighted by molar-refractivity contribution is 7.18. The van der Waals surface area contributed by atoms with Crippen molar-refractivity contribution in [3.05, 3.63) is 55.6 Å². The van der Waals surface area contributed by atoms with E-state index in [0.717, 1.165) is 28.6 Å². The van der Waals surface area contributed by atoms with Crippen LogP contribution in [0.3, 0.4) is 0 Å². The molecule has 3 aromatic rings. The Kier molecular flexibility index (Phi) is 4.52. The third-order valence-corrected chi connectivity index (χ3v) is 6.15. The van der Waals surface area contributed by atoms with Crippen molar-refractivity contribution in [3.8, 4) is 0 Å². The van der Waals surface area contributed by atoms with Gasteiger partial charge in [0.05, 0.1) is 5.39 Å². The van der Waals surface area contributed by atoms with E-state index in [4.69, 9.17) is 16.6 Å². The Hall–Kier alpha value is -1.85. The fourth-order valence-corrected chi connectivity index (χ4v) is 4.96. The number of aryl methyl sites for hydroxylation is 2. The Morgan fingerprint density at radius 1 is 1.32 bits per heavy atom. The minimum Gasteiger partial charge on any atom is -0.351 e. The van der Waals surface area contributed by atoms with Gasteiger partial charge in [-0.25, -0.2) is 4.98 Å². The summed E-state index contributed by atoms with van der Waals surface area (Å²) in [6.07, 6.45) is 4.46. The average Bonchev–Trinajstić information content (AvgIpc) is 2.98. The van der Waals surface area contributed by atoms with Crippen LogP contribution in [0.4, 0.5) is 5.95 Å². The van der Waals surface area contributed by atoms with Gasteiger partial charge < -0.3 is 5.32 Å². The number of thiophene rings is 1. The van der Waals surface area contributed by atoms with E-state index < -0.39 is 0 Å². The van der Waals surface area contributed by atoms with Crippen LogP contribution in [0.2, 0.25) is 5.02 Å². The van der Waals surface area contributed by atoms with Gasteiger partial charge in [0.15, 0.2) is 0 Å². The van der Waals surface area contributed by atoms with Crippen LogP contribution < -0.4 is 10.9 Å². The molecule has 6 heteroatoms. The van der Waals surface area contributed by atoms with Crippen molar-refractivity contribution in [2.75, 3.05) is 5.32 Å². The van der Waals surface area contributed by atoms with Crippen molar-refractivity contribution >= 4 is 39.1 Å². The van der Waals surface area contributed by atoms with E-state index in [2.05, 4.69) is 5.32 Å². The number of hydrogen-bond donors (Lipinski definition) is 1.